The number of carbonyl (C=O) groups is 1. The first kappa shape index (κ1) is 14.3. The van der Waals surface area contributed by atoms with Crippen molar-refractivity contribution in [3.05, 3.63) is 35.9 Å². The largest absolute Gasteiger partial charge is 0.494 e. The Hall–Kier alpha value is -1.81. The van der Waals surface area contributed by atoms with E-state index in [1.807, 2.05) is 38.1 Å². The molecule has 1 aromatic rings. The second kappa shape index (κ2) is 7.50. The molecule has 0 radical (unpaired) electrons. The van der Waals surface area contributed by atoms with Gasteiger partial charge in [-0.15, -0.1) is 0 Å². The van der Waals surface area contributed by atoms with Crippen LogP contribution < -0.4 is 15.8 Å². The highest BCUT2D eigenvalue weighted by Gasteiger charge is 1.97. The van der Waals surface area contributed by atoms with Gasteiger partial charge in [0.05, 0.1) is 6.61 Å². The minimum Gasteiger partial charge on any atom is -0.494 e. The molecule has 0 aliphatic carbocycles. The summed E-state index contributed by atoms with van der Waals surface area (Å²) in [5, 5.41) is 2.71. The number of ether oxygens (including phenoxy) is 1. The molecule has 1 rings (SSSR count). The molecule has 1 amide bonds. The maximum atomic E-state index is 11.4. The van der Waals surface area contributed by atoms with Crippen LogP contribution in [0, 0.1) is 0 Å². The molecule has 0 saturated carbocycles. The van der Waals surface area contributed by atoms with Crippen molar-refractivity contribution in [2.24, 2.45) is 5.73 Å². The molecule has 3 N–H and O–H groups in total. The van der Waals surface area contributed by atoms with E-state index < -0.39 is 0 Å². The first-order chi connectivity index (χ1) is 8.61. The predicted octanol–water partition coefficient (Wildman–Crippen LogP) is 1.56. The molecule has 1 atom stereocenters. The molecule has 0 bridgehead atoms. The number of hydrogen-bond acceptors (Lipinski definition) is 3. The molecule has 0 saturated heterocycles. The van der Waals surface area contributed by atoms with Crippen LogP contribution in [-0.2, 0) is 4.79 Å². The summed E-state index contributed by atoms with van der Waals surface area (Å²) in [5.41, 5.74) is 6.49. The number of hydrogen-bond donors (Lipinski definition) is 2. The van der Waals surface area contributed by atoms with Crippen molar-refractivity contribution in [1.82, 2.24) is 5.32 Å². The van der Waals surface area contributed by atoms with Crippen LogP contribution in [0.1, 0.15) is 19.4 Å². The van der Waals surface area contributed by atoms with Gasteiger partial charge in [0.1, 0.15) is 5.75 Å². The molecule has 0 fully saturated rings. The van der Waals surface area contributed by atoms with E-state index in [1.165, 1.54) is 6.08 Å². The van der Waals surface area contributed by atoms with Gasteiger partial charge in [-0.3, -0.25) is 4.79 Å². The first-order valence-corrected chi connectivity index (χ1v) is 6.06. The molecule has 0 spiro atoms. The number of rotatable bonds is 6. The number of carbonyl (C=O) groups excluding carboxylic acids is 1. The SMILES string of the molecule is CCOc1ccc(/C=C/C(=O)NCC(C)N)cc1. The fourth-order valence-electron chi connectivity index (χ4n) is 1.33. The van der Waals surface area contributed by atoms with Gasteiger partial charge in [-0.2, -0.15) is 0 Å². The van der Waals surface area contributed by atoms with Crippen molar-refractivity contribution < 1.29 is 9.53 Å². The van der Waals surface area contributed by atoms with E-state index >= 15 is 0 Å². The Morgan fingerprint density at radius 3 is 2.67 bits per heavy atom. The topological polar surface area (TPSA) is 64.3 Å². The zero-order valence-electron chi connectivity index (χ0n) is 10.8. The molecular weight excluding hydrogens is 228 g/mol. The predicted molar refractivity (Wildman–Crippen MR) is 73.3 cm³/mol. The van der Waals surface area contributed by atoms with Gasteiger partial charge < -0.3 is 15.8 Å². The molecule has 98 valence electrons. The summed E-state index contributed by atoms with van der Waals surface area (Å²) >= 11 is 0. The van der Waals surface area contributed by atoms with Crippen LogP contribution >= 0.6 is 0 Å². The third-order valence-electron chi connectivity index (χ3n) is 2.22. The average Bonchev–Trinajstić information content (AvgIpc) is 2.36. The molecule has 4 nitrogen and oxygen atoms in total. The number of benzene rings is 1. The molecule has 1 unspecified atom stereocenters. The van der Waals surface area contributed by atoms with Crippen molar-refractivity contribution in [2.45, 2.75) is 19.9 Å². The van der Waals surface area contributed by atoms with Crippen LogP contribution in [0.15, 0.2) is 30.3 Å². The zero-order valence-corrected chi connectivity index (χ0v) is 10.8. The molecule has 0 heterocycles. The van der Waals surface area contributed by atoms with Gasteiger partial charge in [0, 0.05) is 18.7 Å². The number of nitrogens with one attached hydrogen (secondary N) is 1. The summed E-state index contributed by atoms with van der Waals surface area (Å²) in [7, 11) is 0. The van der Waals surface area contributed by atoms with E-state index in [2.05, 4.69) is 5.32 Å². The van der Waals surface area contributed by atoms with E-state index in [0.717, 1.165) is 11.3 Å². The van der Waals surface area contributed by atoms with Crippen LogP contribution in [0.3, 0.4) is 0 Å². The van der Waals surface area contributed by atoms with Crippen molar-refractivity contribution in [3.63, 3.8) is 0 Å². The maximum Gasteiger partial charge on any atom is 0.244 e. The van der Waals surface area contributed by atoms with Gasteiger partial charge >= 0.3 is 0 Å². The van der Waals surface area contributed by atoms with Crippen molar-refractivity contribution >= 4 is 12.0 Å². The second-order valence-electron chi connectivity index (χ2n) is 4.06. The molecular formula is C14H20N2O2. The minimum atomic E-state index is -0.138. The lowest BCUT2D eigenvalue weighted by Crippen LogP contribution is -2.34. The summed E-state index contributed by atoms with van der Waals surface area (Å²) < 4.78 is 5.33. The lowest BCUT2D eigenvalue weighted by Gasteiger charge is -2.04. The fourth-order valence-corrected chi connectivity index (χ4v) is 1.33. The Labute approximate surface area is 108 Å². The van der Waals surface area contributed by atoms with E-state index in [-0.39, 0.29) is 11.9 Å². The summed E-state index contributed by atoms with van der Waals surface area (Å²) in [6.45, 7) is 4.91. The Morgan fingerprint density at radius 1 is 1.44 bits per heavy atom. The van der Waals surface area contributed by atoms with Gasteiger partial charge in [-0.05, 0) is 37.6 Å². The molecule has 0 aliphatic heterocycles. The maximum absolute atomic E-state index is 11.4. The summed E-state index contributed by atoms with van der Waals surface area (Å²) in [6.07, 6.45) is 3.25. The lowest BCUT2D eigenvalue weighted by molar-refractivity contribution is -0.116. The molecule has 0 aliphatic rings. The number of amides is 1. The van der Waals surface area contributed by atoms with E-state index in [4.69, 9.17) is 10.5 Å². The van der Waals surface area contributed by atoms with Crippen molar-refractivity contribution in [2.75, 3.05) is 13.2 Å². The first-order valence-electron chi connectivity index (χ1n) is 6.06. The Bertz CT molecular complexity index is 397. The zero-order chi connectivity index (χ0) is 13.4. The molecule has 1 aromatic carbocycles. The molecule has 0 aromatic heterocycles. The van der Waals surface area contributed by atoms with Crippen LogP contribution in [-0.4, -0.2) is 25.1 Å². The lowest BCUT2D eigenvalue weighted by atomic mass is 10.2. The monoisotopic (exact) mass is 248 g/mol. The van der Waals surface area contributed by atoms with Crippen LogP contribution in [0.5, 0.6) is 5.75 Å². The van der Waals surface area contributed by atoms with E-state index in [0.29, 0.717) is 13.2 Å². The van der Waals surface area contributed by atoms with Gasteiger partial charge in [-0.1, -0.05) is 12.1 Å². The number of nitrogens with two attached hydrogens (primary N) is 1. The van der Waals surface area contributed by atoms with Crippen LogP contribution in [0.2, 0.25) is 0 Å². The Kier molecular flexibility index (Phi) is 5.94. The summed E-state index contributed by atoms with van der Waals surface area (Å²) in [4.78, 5) is 11.4. The fraction of sp³-hybridized carbons (Fsp3) is 0.357. The average molecular weight is 248 g/mol. The second-order valence-corrected chi connectivity index (χ2v) is 4.06. The van der Waals surface area contributed by atoms with Gasteiger partial charge in [0.25, 0.3) is 0 Å². The van der Waals surface area contributed by atoms with Gasteiger partial charge in [0.2, 0.25) is 5.91 Å². The third-order valence-corrected chi connectivity index (χ3v) is 2.22. The van der Waals surface area contributed by atoms with Crippen molar-refractivity contribution in [3.8, 4) is 5.75 Å². The highest BCUT2D eigenvalue weighted by molar-refractivity contribution is 5.91. The Balaban J connectivity index is 2.48. The summed E-state index contributed by atoms with van der Waals surface area (Å²) in [6, 6.07) is 7.53. The van der Waals surface area contributed by atoms with E-state index in [1.54, 1.807) is 6.08 Å². The van der Waals surface area contributed by atoms with Crippen LogP contribution in [0.25, 0.3) is 6.08 Å². The van der Waals surface area contributed by atoms with Gasteiger partial charge in [-0.25, -0.2) is 0 Å². The highest BCUT2D eigenvalue weighted by atomic mass is 16.5. The Morgan fingerprint density at radius 2 is 2.11 bits per heavy atom. The summed E-state index contributed by atoms with van der Waals surface area (Å²) in [5.74, 6) is 0.692. The molecule has 4 heteroatoms. The van der Waals surface area contributed by atoms with E-state index in [9.17, 15) is 4.79 Å². The standard InChI is InChI=1S/C14H20N2O2/c1-3-18-13-7-4-12(5-8-13)6-9-14(17)16-10-11(2)15/h4-9,11H,3,10,15H2,1-2H3,(H,16,17)/b9-6+. The minimum absolute atomic E-state index is 0.0344. The quantitative estimate of drug-likeness (QED) is 0.751. The van der Waals surface area contributed by atoms with Crippen LogP contribution in [0.4, 0.5) is 0 Å². The molecule has 18 heavy (non-hydrogen) atoms. The van der Waals surface area contributed by atoms with Crippen molar-refractivity contribution in [1.29, 1.82) is 0 Å². The van der Waals surface area contributed by atoms with Gasteiger partial charge in [0.15, 0.2) is 0 Å². The highest BCUT2D eigenvalue weighted by Crippen LogP contribution is 2.12. The smallest absolute Gasteiger partial charge is 0.244 e. The third kappa shape index (κ3) is 5.50. The normalized spacial score (nSPS) is 12.4.